The first kappa shape index (κ1) is 23.7. The molecule has 180 valence electrons. The van der Waals surface area contributed by atoms with E-state index in [4.69, 9.17) is 9.47 Å². The van der Waals surface area contributed by atoms with Gasteiger partial charge >= 0.3 is 0 Å². The molecule has 9 heteroatoms. The zero-order chi connectivity index (χ0) is 25.3. The van der Waals surface area contributed by atoms with Gasteiger partial charge in [-0.05, 0) is 43.2 Å². The number of aryl methyl sites for hydroxylation is 2. The van der Waals surface area contributed by atoms with Crippen LogP contribution in [0, 0.1) is 24.0 Å². The van der Waals surface area contributed by atoms with Gasteiger partial charge in [0.25, 0.3) is 17.5 Å². The van der Waals surface area contributed by atoms with E-state index in [0.29, 0.717) is 11.5 Å². The number of methoxy groups -OCH3 is 2. The lowest BCUT2D eigenvalue weighted by Gasteiger charge is -2.15. The lowest BCUT2D eigenvalue weighted by Crippen LogP contribution is -2.29. The second-order valence-corrected chi connectivity index (χ2v) is 8.33. The number of fused-ring (bicyclic) bond motifs is 1. The molecular formula is C26H25N3O6. The fraction of sp³-hybridized carbons (Fsp3) is 0.231. The standard InChI is InChI=1S/C26H25N3O6/c1-15-5-6-18(16(2)9-15)14-28-25(30)20-11-22(23(29(32)33)12-21(20)26(28)31)27-13-17-7-8-19(34-3)10-24(17)35-4/h5-12,27H,13-14H2,1-4H3. The summed E-state index contributed by atoms with van der Waals surface area (Å²) in [5.74, 6) is 0.134. The van der Waals surface area contributed by atoms with Crippen molar-refractivity contribution in [3.8, 4) is 11.5 Å². The first-order chi connectivity index (χ1) is 16.7. The summed E-state index contributed by atoms with van der Waals surface area (Å²) >= 11 is 0. The van der Waals surface area contributed by atoms with Crippen LogP contribution in [0.4, 0.5) is 11.4 Å². The van der Waals surface area contributed by atoms with E-state index in [1.54, 1.807) is 25.3 Å². The van der Waals surface area contributed by atoms with Gasteiger partial charge in [-0.25, -0.2) is 0 Å². The van der Waals surface area contributed by atoms with Gasteiger partial charge in [0.1, 0.15) is 17.2 Å². The Labute approximate surface area is 202 Å². The van der Waals surface area contributed by atoms with Crippen molar-refractivity contribution in [1.29, 1.82) is 0 Å². The number of anilines is 1. The van der Waals surface area contributed by atoms with Crippen LogP contribution in [0.3, 0.4) is 0 Å². The molecule has 9 nitrogen and oxygen atoms in total. The van der Waals surface area contributed by atoms with E-state index in [9.17, 15) is 19.7 Å². The molecule has 0 unspecified atom stereocenters. The fourth-order valence-electron chi connectivity index (χ4n) is 4.14. The number of nitrogens with one attached hydrogen (secondary N) is 1. The van der Waals surface area contributed by atoms with Crippen LogP contribution in [-0.4, -0.2) is 35.9 Å². The van der Waals surface area contributed by atoms with Gasteiger partial charge in [0, 0.05) is 24.2 Å². The Bertz CT molecular complexity index is 1350. The molecule has 1 N–H and O–H groups in total. The van der Waals surface area contributed by atoms with Crippen molar-refractivity contribution in [2.75, 3.05) is 19.5 Å². The summed E-state index contributed by atoms with van der Waals surface area (Å²) in [6, 6.07) is 13.6. The maximum absolute atomic E-state index is 13.1. The maximum atomic E-state index is 13.1. The quantitative estimate of drug-likeness (QED) is 0.287. The van der Waals surface area contributed by atoms with Crippen LogP contribution < -0.4 is 14.8 Å². The van der Waals surface area contributed by atoms with Crippen molar-refractivity contribution >= 4 is 23.2 Å². The highest BCUT2D eigenvalue weighted by atomic mass is 16.6. The summed E-state index contributed by atoms with van der Waals surface area (Å²) in [5.41, 5.74) is 3.63. The molecule has 4 rings (SSSR count). The summed E-state index contributed by atoms with van der Waals surface area (Å²) in [5, 5.41) is 14.8. The monoisotopic (exact) mass is 475 g/mol. The smallest absolute Gasteiger partial charge is 0.293 e. The summed E-state index contributed by atoms with van der Waals surface area (Å²) in [7, 11) is 3.06. The second-order valence-electron chi connectivity index (χ2n) is 8.33. The van der Waals surface area contributed by atoms with Crippen LogP contribution in [0.25, 0.3) is 0 Å². The Balaban J connectivity index is 1.64. The van der Waals surface area contributed by atoms with E-state index in [0.717, 1.165) is 27.2 Å². The molecule has 0 atom stereocenters. The summed E-state index contributed by atoms with van der Waals surface area (Å²) in [4.78, 5) is 38.5. The Morgan fingerprint density at radius 1 is 0.914 bits per heavy atom. The predicted molar refractivity (Wildman–Crippen MR) is 130 cm³/mol. The number of imide groups is 1. The number of hydrogen-bond acceptors (Lipinski definition) is 7. The number of nitrogens with zero attached hydrogens (tertiary/aromatic N) is 2. The minimum absolute atomic E-state index is 0.0269. The lowest BCUT2D eigenvalue weighted by molar-refractivity contribution is -0.384. The van der Waals surface area contributed by atoms with Gasteiger partial charge in [-0.2, -0.15) is 0 Å². The van der Waals surface area contributed by atoms with Gasteiger partial charge in [0.05, 0.1) is 36.8 Å². The van der Waals surface area contributed by atoms with Crippen LogP contribution in [0.2, 0.25) is 0 Å². The van der Waals surface area contributed by atoms with Crippen molar-refractivity contribution in [3.05, 3.63) is 92.0 Å². The van der Waals surface area contributed by atoms with Crippen molar-refractivity contribution in [1.82, 2.24) is 4.90 Å². The number of hydrogen-bond donors (Lipinski definition) is 1. The minimum atomic E-state index is -0.571. The molecule has 0 aliphatic carbocycles. The highest BCUT2D eigenvalue weighted by molar-refractivity contribution is 6.22. The molecule has 2 amide bonds. The van der Waals surface area contributed by atoms with Crippen molar-refractivity contribution < 1.29 is 24.0 Å². The SMILES string of the molecule is COc1ccc(CNc2cc3c(cc2[N+](=O)[O-])C(=O)N(Cc2ccc(C)cc2C)C3=O)c(OC)c1. The number of carbonyl (C=O) groups is 2. The van der Waals surface area contributed by atoms with Gasteiger partial charge in [0.15, 0.2) is 0 Å². The molecule has 3 aromatic rings. The van der Waals surface area contributed by atoms with Crippen LogP contribution in [0.5, 0.6) is 11.5 Å². The predicted octanol–water partition coefficient (Wildman–Crippen LogP) is 4.64. The summed E-state index contributed by atoms with van der Waals surface area (Å²) < 4.78 is 10.6. The number of benzene rings is 3. The number of nitro groups is 1. The molecule has 0 saturated carbocycles. The Hall–Kier alpha value is -4.40. The zero-order valence-electron chi connectivity index (χ0n) is 19.9. The zero-order valence-corrected chi connectivity index (χ0v) is 19.9. The highest BCUT2D eigenvalue weighted by Gasteiger charge is 2.38. The molecule has 0 spiro atoms. The van der Waals surface area contributed by atoms with Gasteiger partial charge in [-0.15, -0.1) is 0 Å². The van der Waals surface area contributed by atoms with Gasteiger partial charge < -0.3 is 14.8 Å². The third-order valence-electron chi connectivity index (χ3n) is 6.07. The summed E-state index contributed by atoms with van der Waals surface area (Å²) in [6.45, 7) is 4.17. The minimum Gasteiger partial charge on any atom is -0.497 e. The Kier molecular flexibility index (Phi) is 6.42. The van der Waals surface area contributed by atoms with Crippen LogP contribution in [0.15, 0.2) is 48.5 Å². The van der Waals surface area contributed by atoms with Gasteiger partial charge in [-0.3, -0.25) is 24.6 Å². The molecule has 35 heavy (non-hydrogen) atoms. The van der Waals surface area contributed by atoms with Crippen LogP contribution >= 0.6 is 0 Å². The van der Waals surface area contributed by atoms with E-state index < -0.39 is 16.7 Å². The molecule has 1 aliphatic rings. The third-order valence-corrected chi connectivity index (χ3v) is 6.07. The molecule has 0 bridgehead atoms. The number of amides is 2. The molecule has 1 heterocycles. The van der Waals surface area contributed by atoms with E-state index in [1.165, 1.54) is 19.2 Å². The van der Waals surface area contributed by atoms with Gasteiger partial charge in [0.2, 0.25) is 0 Å². The van der Waals surface area contributed by atoms with Crippen LogP contribution in [0.1, 0.15) is 43.0 Å². The van der Waals surface area contributed by atoms with E-state index in [2.05, 4.69) is 5.32 Å². The number of nitro benzene ring substituents is 1. The Morgan fingerprint density at radius 2 is 1.60 bits per heavy atom. The molecule has 1 aliphatic heterocycles. The molecule has 0 fully saturated rings. The number of rotatable bonds is 8. The van der Waals surface area contributed by atoms with Crippen molar-refractivity contribution in [2.24, 2.45) is 0 Å². The number of ether oxygens (including phenoxy) is 2. The fourth-order valence-corrected chi connectivity index (χ4v) is 4.14. The highest BCUT2D eigenvalue weighted by Crippen LogP contribution is 2.35. The molecule has 0 radical (unpaired) electrons. The first-order valence-electron chi connectivity index (χ1n) is 10.9. The molecule has 3 aromatic carbocycles. The second kappa shape index (κ2) is 9.46. The van der Waals surface area contributed by atoms with Crippen molar-refractivity contribution in [2.45, 2.75) is 26.9 Å². The maximum Gasteiger partial charge on any atom is 0.293 e. The van der Waals surface area contributed by atoms with E-state index >= 15 is 0 Å². The molecule has 0 aromatic heterocycles. The topological polar surface area (TPSA) is 111 Å². The first-order valence-corrected chi connectivity index (χ1v) is 10.9. The molecule has 0 saturated heterocycles. The molecular weight excluding hydrogens is 450 g/mol. The summed E-state index contributed by atoms with van der Waals surface area (Å²) in [6.07, 6.45) is 0. The van der Waals surface area contributed by atoms with Crippen molar-refractivity contribution in [3.63, 3.8) is 0 Å². The van der Waals surface area contributed by atoms with Gasteiger partial charge in [-0.1, -0.05) is 23.8 Å². The van der Waals surface area contributed by atoms with E-state index in [-0.39, 0.29) is 35.6 Å². The lowest BCUT2D eigenvalue weighted by atomic mass is 10.1. The normalized spacial score (nSPS) is 12.5. The Morgan fingerprint density at radius 3 is 2.23 bits per heavy atom. The largest absolute Gasteiger partial charge is 0.497 e. The number of carbonyl (C=O) groups excluding carboxylic acids is 2. The average Bonchev–Trinajstić information content (AvgIpc) is 3.07. The van der Waals surface area contributed by atoms with Crippen LogP contribution in [-0.2, 0) is 13.1 Å². The third kappa shape index (κ3) is 4.52. The van der Waals surface area contributed by atoms with E-state index in [1.807, 2.05) is 32.0 Å². The average molecular weight is 476 g/mol.